The monoisotopic (exact) mass is 361 g/mol. The number of sulfonamides is 1. The number of rotatable bonds is 5. The van der Waals surface area contributed by atoms with E-state index in [2.05, 4.69) is 0 Å². The molecule has 25 heavy (non-hydrogen) atoms. The third kappa shape index (κ3) is 3.46. The highest BCUT2D eigenvalue weighted by atomic mass is 32.2. The number of anilines is 1. The van der Waals surface area contributed by atoms with Crippen LogP contribution >= 0.6 is 0 Å². The van der Waals surface area contributed by atoms with Crippen LogP contribution in [0.5, 0.6) is 5.75 Å². The Morgan fingerprint density at radius 1 is 1.24 bits per heavy atom. The van der Waals surface area contributed by atoms with Crippen LogP contribution in [-0.2, 0) is 21.2 Å². The molecule has 1 aliphatic rings. The first-order chi connectivity index (χ1) is 11.9. The lowest BCUT2D eigenvalue weighted by Gasteiger charge is -2.30. The molecule has 0 unspecified atom stereocenters. The Morgan fingerprint density at radius 2 is 2.00 bits per heavy atom. The Hall–Kier alpha value is -2.54. The summed E-state index contributed by atoms with van der Waals surface area (Å²) in [6, 6.07) is 12.0. The molecule has 0 saturated carbocycles. The number of carboxylic acids is 1. The van der Waals surface area contributed by atoms with Gasteiger partial charge in [-0.05, 0) is 55.2 Å². The van der Waals surface area contributed by atoms with Crippen LogP contribution in [-0.4, -0.2) is 32.6 Å². The summed E-state index contributed by atoms with van der Waals surface area (Å²) in [7, 11) is -3.68. The van der Waals surface area contributed by atoms with Gasteiger partial charge in [0.05, 0.1) is 10.6 Å². The van der Waals surface area contributed by atoms with E-state index in [-0.39, 0.29) is 4.90 Å². The molecule has 7 heteroatoms. The van der Waals surface area contributed by atoms with Gasteiger partial charge < -0.3 is 9.84 Å². The van der Waals surface area contributed by atoms with E-state index in [1.54, 1.807) is 6.92 Å². The van der Waals surface area contributed by atoms with Gasteiger partial charge in [-0.3, -0.25) is 4.31 Å². The molecule has 6 nitrogen and oxygen atoms in total. The minimum atomic E-state index is -3.68. The van der Waals surface area contributed by atoms with Crippen molar-refractivity contribution in [3.05, 3.63) is 53.6 Å². The number of para-hydroxylation sites is 1. The van der Waals surface area contributed by atoms with E-state index >= 15 is 0 Å². The maximum Gasteiger partial charge on any atom is 0.341 e. The first-order valence-corrected chi connectivity index (χ1v) is 9.39. The van der Waals surface area contributed by atoms with Crippen molar-refractivity contribution >= 4 is 21.7 Å². The minimum Gasteiger partial charge on any atom is -0.482 e. The summed E-state index contributed by atoms with van der Waals surface area (Å²) in [6.45, 7) is 1.67. The molecule has 0 amide bonds. The van der Waals surface area contributed by atoms with Crippen LogP contribution in [0.25, 0.3) is 0 Å². The van der Waals surface area contributed by atoms with E-state index in [0.29, 0.717) is 17.9 Å². The van der Waals surface area contributed by atoms with Gasteiger partial charge in [0.15, 0.2) is 6.61 Å². The predicted molar refractivity (Wildman–Crippen MR) is 93.6 cm³/mol. The largest absolute Gasteiger partial charge is 0.482 e. The number of benzene rings is 2. The van der Waals surface area contributed by atoms with Gasteiger partial charge >= 0.3 is 5.97 Å². The second kappa shape index (κ2) is 6.76. The zero-order valence-electron chi connectivity index (χ0n) is 13.8. The summed E-state index contributed by atoms with van der Waals surface area (Å²) in [5.41, 5.74) is 2.32. The molecule has 2 aromatic rings. The van der Waals surface area contributed by atoms with Crippen LogP contribution in [0.3, 0.4) is 0 Å². The molecule has 0 bridgehead atoms. The summed E-state index contributed by atoms with van der Waals surface area (Å²) in [4.78, 5) is 10.8. The average Bonchev–Trinajstić information content (AvgIpc) is 2.60. The maximum atomic E-state index is 13.1. The van der Waals surface area contributed by atoms with Gasteiger partial charge in [-0.2, -0.15) is 0 Å². The van der Waals surface area contributed by atoms with Gasteiger partial charge in [0.1, 0.15) is 5.75 Å². The Bertz CT molecular complexity index is 907. The molecule has 132 valence electrons. The number of aliphatic carboxylic acids is 1. The highest BCUT2D eigenvalue weighted by molar-refractivity contribution is 7.92. The molecular formula is C18H19NO5S. The number of hydrogen-bond donors (Lipinski definition) is 1. The topological polar surface area (TPSA) is 83.9 Å². The average molecular weight is 361 g/mol. The number of hydrogen-bond acceptors (Lipinski definition) is 4. The first-order valence-electron chi connectivity index (χ1n) is 7.95. The molecule has 2 aromatic carbocycles. The van der Waals surface area contributed by atoms with Crippen molar-refractivity contribution in [3.63, 3.8) is 0 Å². The second-order valence-electron chi connectivity index (χ2n) is 5.92. The summed E-state index contributed by atoms with van der Waals surface area (Å²) in [5, 5.41) is 8.69. The van der Waals surface area contributed by atoms with Crippen molar-refractivity contribution in [2.75, 3.05) is 17.5 Å². The quantitative estimate of drug-likeness (QED) is 0.885. The van der Waals surface area contributed by atoms with Gasteiger partial charge in [-0.25, -0.2) is 13.2 Å². The third-order valence-electron chi connectivity index (χ3n) is 4.15. The molecular weight excluding hydrogens is 342 g/mol. The van der Waals surface area contributed by atoms with E-state index in [9.17, 15) is 13.2 Å². The molecule has 1 N–H and O–H groups in total. The Labute approximate surface area is 146 Å². The minimum absolute atomic E-state index is 0.171. The lowest BCUT2D eigenvalue weighted by atomic mass is 10.0. The van der Waals surface area contributed by atoms with Crippen molar-refractivity contribution in [1.29, 1.82) is 0 Å². The number of aryl methyl sites for hydroxylation is 2. The van der Waals surface area contributed by atoms with Crippen molar-refractivity contribution in [2.24, 2.45) is 0 Å². The Kier molecular flexibility index (Phi) is 4.67. The molecule has 1 aliphatic heterocycles. The van der Waals surface area contributed by atoms with Gasteiger partial charge in [-0.1, -0.05) is 18.2 Å². The van der Waals surface area contributed by atoms with Crippen molar-refractivity contribution in [1.82, 2.24) is 0 Å². The van der Waals surface area contributed by atoms with Crippen LogP contribution in [0.15, 0.2) is 47.4 Å². The highest BCUT2D eigenvalue weighted by Gasteiger charge is 2.29. The highest BCUT2D eigenvalue weighted by Crippen LogP contribution is 2.32. The van der Waals surface area contributed by atoms with Crippen molar-refractivity contribution in [2.45, 2.75) is 24.7 Å². The van der Waals surface area contributed by atoms with Crippen LogP contribution in [0.4, 0.5) is 5.69 Å². The standard InChI is InChI=1S/C18H19NO5S/c1-13-11-15(8-9-17(13)24-12-18(20)21)25(22,23)19-10-4-6-14-5-2-3-7-16(14)19/h2-3,5,7-9,11H,4,6,10,12H2,1H3,(H,20,21). The predicted octanol–water partition coefficient (Wildman–Crippen LogP) is 2.60. The molecule has 0 spiro atoms. The van der Waals surface area contributed by atoms with E-state index in [0.717, 1.165) is 24.1 Å². The lowest BCUT2D eigenvalue weighted by molar-refractivity contribution is -0.139. The molecule has 1 heterocycles. The van der Waals surface area contributed by atoms with E-state index < -0.39 is 22.6 Å². The SMILES string of the molecule is Cc1cc(S(=O)(=O)N2CCCc3ccccc32)ccc1OCC(=O)O. The maximum absolute atomic E-state index is 13.1. The third-order valence-corrected chi connectivity index (χ3v) is 5.96. The fourth-order valence-corrected chi connectivity index (χ4v) is 4.59. The fourth-order valence-electron chi connectivity index (χ4n) is 2.96. The zero-order chi connectivity index (χ0) is 18.0. The molecule has 0 fully saturated rings. The van der Waals surface area contributed by atoms with E-state index in [1.807, 2.05) is 24.3 Å². The number of carboxylic acid groups (broad SMARTS) is 1. The normalized spacial score (nSPS) is 14.0. The summed E-state index contributed by atoms with van der Waals surface area (Å²) in [5.74, 6) is -0.721. The van der Waals surface area contributed by atoms with Crippen LogP contribution in [0, 0.1) is 6.92 Å². The number of ether oxygens (including phenoxy) is 1. The molecule has 3 rings (SSSR count). The molecule has 0 atom stereocenters. The summed E-state index contributed by atoms with van der Waals surface area (Å²) >= 11 is 0. The summed E-state index contributed by atoms with van der Waals surface area (Å²) in [6.07, 6.45) is 1.64. The second-order valence-corrected chi connectivity index (χ2v) is 7.78. The molecule has 0 aromatic heterocycles. The first kappa shape index (κ1) is 17.3. The number of fused-ring (bicyclic) bond motifs is 1. The number of nitrogens with zero attached hydrogens (tertiary/aromatic N) is 1. The molecule has 0 radical (unpaired) electrons. The van der Waals surface area contributed by atoms with Crippen molar-refractivity contribution in [3.8, 4) is 5.75 Å². The number of carbonyl (C=O) groups is 1. The smallest absolute Gasteiger partial charge is 0.341 e. The Balaban J connectivity index is 1.93. The van der Waals surface area contributed by atoms with E-state index in [1.165, 1.54) is 22.5 Å². The van der Waals surface area contributed by atoms with Crippen LogP contribution in [0.2, 0.25) is 0 Å². The van der Waals surface area contributed by atoms with Gasteiger partial charge in [0.25, 0.3) is 10.0 Å². The zero-order valence-corrected chi connectivity index (χ0v) is 14.6. The van der Waals surface area contributed by atoms with Crippen molar-refractivity contribution < 1.29 is 23.1 Å². The fraction of sp³-hybridized carbons (Fsp3) is 0.278. The molecule has 0 aliphatic carbocycles. The van der Waals surface area contributed by atoms with Gasteiger partial charge in [0.2, 0.25) is 0 Å². The van der Waals surface area contributed by atoms with E-state index in [4.69, 9.17) is 9.84 Å². The Morgan fingerprint density at radius 3 is 2.72 bits per heavy atom. The van der Waals surface area contributed by atoms with Crippen LogP contribution < -0.4 is 9.04 Å². The molecule has 0 saturated heterocycles. The summed E-state index contributed by atoms with van der Waals surface area (Å²) < 4.78 is 32.7. The van der Waals surface area contributed by atoms with Gasteiger partial charge in [0, 0.05) is 6.54 Å². The van der Waals surface area contributed by atoms with Crippen LogP contribution in [0.1, 0.15) is 17.5 Å². The van der Waals surface area contributed by atoms with Gasteiger partial charge in [-0.15, -0.1) is 0 Å². The lowest BCUT2D eigenvalue weighted by Crippen LogP contribution is -2.35.